The number of rotatable bonds is 3. The van der Waals surface area contributed by atoms with Crippen molar-refractivity contribution in [1.82, 2.24) is 26.1 Å². The normalized spacial score (nSPS) is 28.8. The maximum Gasteiger partial charge on any atom is 0.318 e. The van der Waals surface area contributed by atoms with Crippen LogP contribution in [0.4, 0.5) is 0 Å². The molecule has 4 rings (SSSR count). The Kier molecular flexibility index (Phi) is 9.63. The number of esters is 1. The minimum atomic E-state index is -1.20. The average molecular weight is 580 g/mol. The van der Waals surface area contributed by atoms with Gasteiger partial charge in [0.25, 0.3) is 11.8 Å². The first-order chi connectivity index (χ1) is 19.9. The molecule has 1 aromatic heterocycles. The molecular formula is C31H41N5O6. The van der Waals surface area contributed by atoms with Gasteiger partial charge in [0, 0.05) is 19.0 Å². The lowest BCUT2D eigenvalue weighted by atomic mass is 9.90. The van der Waals surface area contributed by atoms with Crippen LogP contribution in [0.1, 0.15) is 64.8 Å². The topological polar surface area (TPSA) is 139 Å². The number of benzene rings is 1. The minimum Gasteiger partial charge on any atom is -0.451 e. The molecule has 1 unspecified atom stereocenters. The van der Waals surface area contributed by atoms with Crippen molar-refractivity contribution in [3.05, 3.63) is 47.7 Å². The van der Waals surface area contributed by atoms with E-state index in [0.29, 0.717) is 25.1 Å². The van der Waals surface area contributed by atoms with E-state index in [-0.39, 0.29) is 24.5 Å². The number of methoxy groups -OCH3 is 1. The number of aromatic nitrogens is 1. The monoisotopic (exact) mass is 579 g/mol. The van der Waals surface area contributed by atoms with Gasteiger partial charge < -0.3 is 20.1 Å². The number of hydrazine groups is 1. The van der Waals surface area contributed by atoms with E-state index >= 15 is 0 Å². The van der Waals surface area contributed by atoms with E-state index < -0.39 is 41.4 Å². The molecule has 1 saturated heterocycles. The summed E-state index contributed by atoms with van der Waals surface area (Å²) in [5.41, 5.74) is 4.05. The first kappa shape index (κ1) is 31.1. The van der Waals surface area contributed by atoms with Gasteiger partial charge in [-0.15, -0.1) is 0 Å². The van der Waals surface area contributed by atoms with Crippen molar-refractivity contribution in [2.24, 2.45) is 11.3 Å². The van der Waals surface area contributed by atoms with E-state index in [2.05, 4.69) is 16.1 Å². The number of amides is 3. The van der Waals surface area contributed by atoms with Crippen molar-refractivity contribution in [3.63, 3.8) is 0 Å². The Bertz CT molecular complexity index is 1380. The summed E-state index contributed by atoms with van der Waals surface area (Å²) >= 11 is 0. The summed E-state index contributed by atoms with van der Waals surface area (Å²) in [6.45, 7) is 9.06. The van der Waals surface area contributed by atoms with Crippen molar-refractivity contribution in [1.29, 1.82) is 0 Å². The number of pyridine rings is 1. The summed E-state index contributed by atoms with van der Waals surface area (Å²) in [5.74, 6) is -2.21. The first-order valence-electron chi connectivity index (χ1n) is 14.4. The van der Waals surface area contributed by atoms with Crippen LogP contribution >= 0.6 is 0 Å². The number of carbonyl (C=O) groups is 4. The second-order valence-corrected chi connectivity index (χ2v) is 11.7. The van der Waals surface area contributed by atoms with Crippen LogP contribution in [-0.2, 0) is 28.7 Å². The maximum absolute atomic E-state index is 13.5. The zero-order chi connectivity index (χ0) is 30.6. The predicted molar refractivity (Wildman–Crippen MR) is 158 cm³/mol. The third-order valence-corrected chi connectivity index (χ3v) is 7.69. The molecule has 11 heteroatoms. The molecule has 1 fully saturated rings. The third kappa shape index (κ3) is 6.96. The number of hydrogen-bond donors (Lipinski definition) is 3. The van der Waals surface area contributed by atoms with Gasteiger partial charge in [0.1, 0.15) is 17.5 Å². The summed E-state index contributed by atoms with van der Waals surface area (Å²) in [4.78, 5) is 58.0. The zero-order valence-electron chi connectivity index (χ0n) is 25.1. The average Bonchev–Trinajstić information content (AvgIpc) is 2.97. The van der Waals surface area contributed by atoms with Gasteiger partial charge in [-0.2, -0.15) is 0 Å². The lowest BCUT2D eigenvalue weighted by Gasteiger charge is -2.35. The Morgan fingerprint density at radius 2 is 1.79 bits per heavy atom. The molecule has 3 amide bonds. The van der Waals surface area contributed by atoms with Crippen LogP contribution in [0.2, 0.25) is 0 Å². The molecule has 3 heterocycles. The fourth-order valence-electron chi connectivity index (χ4n) is 5.11. The van der Waals surface area contributed by atoms with Gasteiger partial charge in [-0.05, 0) is 57.2 Å². The Morgan fingerprint density at radius 1 is 1.07 bits per heavy atom. The molecule has 2 aromatic rings. The second kappa shape index (κ2) is 13.0. The Labute approximate surface area is 246 Å². The van der Waals surface area contributed by atoms with E-state index in [1.165, 1.54) is 12.1 Å². The second-order valence-electron chi connectivity index (χ2n) is 11.7. The summed E-state index contributed by atoms with van der Waals surface area (Å²) in [6.07, 6.45) is 3.53. The highest BCUT2D eigenvalue weighted by atomic mass is 16.6. The quantitative estimate of drug-likeness (QED) is 0.472. The lowest BCUT2D eigenvalue weighted by molar-refractivity contribution is -0.168. The molecule has 0 aliphatic carbocycles. The minimum absolute atomic E-state index is 0.0264. The molecule has 1 aromatic carbocycles. The summed E-state index contributed by atoms with van der Waals surface area (Å²) < 4.78 is 11.1. The number of hydrogen-bond acceptors (Lipinski definition) is 8. The van der Waals surface area contributed by atoms with Crippen molar-refractivity contribution < 1.29 is 28.7 Å². The highest BCUT2D eigenvalue weighted by Crippen LogP contribution is 2.26. The van der Waals surface area contributed by atoms with Gasteiger partial charge in [-0.3, -0.25) is 29.2 Å². The molecule has 0 radical (unpaired) electrons. The maximum atomic E-state index is 13.5. The van der Waals surface area contributed by atoms with Crippen LogP contribution in [-0.4, -0.2) is 72.1 Å². The molecule has 2 aliphatic rings. The number of cyclic esters (lactones) is 1. The molecule has 5 bridgehead atoms. The van der Waals surface area contributed by atoms with Gasteiger partial charge in [-0.25, -0.2) is 5.43 Å². The van der Waals surface area contributed by atoms with Gasteiger partial charge in [0.05, 0.1) is 23.9 Å². The number of fused-ring (bicyclic) bond motifs is 4. The largest absolute Gasteiger partial charge is 0.451 e. The first-order valence-corrected chi connectivity index (χ1v) is 14.4. The molecule has 226 valence electrons. The number of ether oxygens (including phenoxy) is 2. The van der Waals surface area contributed by atoms with Crippen LogP contribution < -0.4 is 16.1 Å². The molecule has 0 saturated carbocycles. The van der Waals surface area contributed by atoms with Crippen LogP contribution in [0.25, 0.3) is 17.0 Å². The lowest BCUT2D eigenvalue weighted by Crippen LogP contribution is -2.61. The van der Waals surface area contributed by atoms with Crippen molar-refractivity contribution in [3.8, 4) is 0 Å². The highest BCUT2D eigenvalue weighted by Gasteiger charge is 2.38. The molecule has 5 atom stereocenters. The zero-order valence-corrected chi connectivity index (χ0v) is 25.1. The molecule has 0 spiro atoms. The van der Waals surface area contributed by atoms with Gasteiger partial charge in [0.2, 0.25) is 5.91 Å². The van der Waals surface area contributed by atoms with Crippen molar-refractivity contribution in [2.45, 2.75) is 71.7 Å². The molecule has 2 aliphatic heterocycles. The van der Waals surface area contributed by atoms with Crippen molar-refractivity contribution in [2.75, 3.05) is 20.3 Å². The van der Waals surface area contributed by atoms with E-state index in [4.69, 9.17) is 14.5 Å². The molecule has 3 N–H and O–H groups in total. The van der Waals surface area contributed by atoms with Crippen LogP contribution in [0.5, 0.6) is 0 Å². The molecule has 11 nitrogen and oxygen atoms in total. The fraction of sp³-hybridized carbons (Fsp3) is 0.516. The van der Waals surface area contributed by atoms with E-state index in [9.17, 15) is 19.2 Å². The molecular weight excluding hydrogens is 538 g/mol. The Hall–Kier alpha value is -3.83. The summed E-state index contributed by atoms with van der Waals surface area (Å²) in [6, 6.07) is 7.67. The predicted octanol–water partition coefficient (Wildman–Crippen LogP) is 2.66. The number of carbonyl (C=O) groups excluding carboxylic acids is 4. The van der Waals surface area contributed by atoms with Crippen molar-refractivity contribution >= 4 is 40.7 Å². The summed E-state index contributed by atoms with van der Waals surface area (Å²) in [7, 11) is 1.49. The smallest absolute Gasteiger partial charge is 0.318 e. The highest BCUT2D eigenvalue weighted by molar-refractivity contribution is 5.91. The van der Waals surface area contributed by atoms with Crippen LogP contribution in [0.15, 0.2) is 36.4 Å². The number of nitrogens with zero attached hydrogens (tertiary/aromatic N) is 2. The van der Waals surface area contributed by atoms with Crippen LogP contribution in [0, 0.1) is 11.3 Å². The van der Waals surface area contributed by atoms with E-state index in [1.807, 2.05) is 37.3 Å². The Morgan fingerprint density at radius 3 is 2.50 bits per heavy atom. The van der Waals surface area contributed by atoms with Gasteiger partial charge in [0.15, 0.2) is 6.10 Å². The van der Waals surface area contributed by atoms with Gasteiger partial charge in [-0.1, -0.05) is 44.2 Å². The number of nitrogens with one attached hydrogen (secondary N) is 3. The SMILES string of the molecule is COC[C@]1(C)/C=C/c2ccc3ccc(nc3c2)[C@@H](C)NC(=O)[C@@H]2CCCN(N2)C(=O)[C@H](C)NC(=O)C(C(C)C)OC1=O. The Balaban J connectivity index is 1.74. The van der Waals surface area contributed by atoms with Crippen LogP contribution in [0.3, 0.4) is 0 Å². The fourth-order valence-corrected chi connectivity index (χ4v) is 5.11. The van der Waals surface area contributed by atoms with E-state index in [1.54, 1.807) is 39.8 Å². The standard InChI is InChI=1S/C31H41N5O6/c1-18(2)26-28(38)33-20(4)29(39)36-15-7-8-24(35-36)27(37)32-19(3)23-12-11-22-10-9-21(16-25(22)34-23)13-14-31(5,17-41-6)30(40)42-26/h9-14,16,18-20,24,26,35H,7-8,15,17H2,1-6H3,(H,32,37)(H,33,38)/b14-13+/t19-,20+,24+,26?,31+/m1/s1. The third-order valence-electron chi connectivity index (χ3n) is 7.69. The van der Waals surface area contributed by atoms with E-state index in [0.717, 1.165) is 16.5 Å². The summed E-state index contributed by atoms with van der Waals surface area (Å²) in [5, 5.41) is 8.01. The molecule has 42 heavy (non-hydrogen) atoms. The van der Waals surface area contributed by atoms with Gasteiger partial charge >= 0.3 is 5.97 Å².